The summed E-state index contributed by atoms with van der Waals surface area (Å²) in [6, 6.07) is 0.661. The first-order valence-electron chi connectivity index (χ1n) is 7.89. The first kappa shape index (κ1) is 14.0. The monoisotopic (exact) mass is 251 g/mol. The molecule has 0 aliphatic heterocycles. The van der Waals surface area contributed by atoms with E-state index in [1.165, 1.54) is 44.9 Å². The number of Topliss-reactive ketones (excluding diaryl/α,β-unsaturated/α-hetero) is 1. The molecule has 0 saturated heterocycles. The van der Waals surface area contributed by atoms with E-state index in [0.29, 0.717) is 24.3 Å². The maximum absolute atomic E-state index is 12.3. The fraction of sp³-hybridized carbons (Fsp3) is 0.938. The molecule has 0 heterocycles. The zero-order valence-electron chi connectivity index (χ0n) is 12.2. The van der Waals surface area contributed by atoms with Gasteiger partial charge in [0.05, 0.1) is 6.54 Å². The van der Waals surface area contributed by atoms with Crippen LogP contribution in [-0.2, 0) is 4.79 Å². The molecule has 2 rings (SSSR count). The lowest BCUT2D eigenvalue weighted by Gasteiger charge is -2.34. The normalized spacial score (nSPS) is 30.6. The molecule has 104 valence electrons. The maximum Gasteiger partial charge on any atom is 0.149 e. The molecule has 0 radical (unpaired) electrons. The van der Waals surface area contributed by atoms with Gasteiger partial charge in [0, 0.05) is 12.0 Å². The predicted octanol–water partition coefficient (Wildman–Crippen LogP) is 3.65. The average Bonchev–Trinajstić information content (AvgIpc) is 2.40. The lowest BCUT2D eigenvalue weighted by molar-refractivity contribution is -0.125. The lowest BCUT2D eigenvalue weighted by atomic mass is 9.84. The Bertz CT molecular complexity index is 262. The molecule has 0 spiro atoms. The van der Waals surface area contributed by atoms with Gasteiger partial charge in [0.15, 0.2) is 0 Å². The van der Waals surface area contributed by atoms with Crippen molar-refractivity contribution >= 4 is 5.78 Å². The Balaban J connectivity index is 1.75. The maximum atomic E-state index is 12.3. The Morgan fingerprint density at radius 3 is 2.22 bits per heavy atom. The van der Waals surface area contributed by atoms with Crippen molar-refractivity contribution < 1.29 is 4.79 Å². The van der Waals surface area contributed by atoms with Crippen molar-refractivity contribution in [2.45, 2.75) is 70.8 Å². The minimum atomic E-state index is 0.378. The number of hydrogen-bond donors (Lipinski definition) is 0. The molecule has 2 aliphatic rings. The summed E-state index contributed by atoms with van der Waals surface area (Å²) in [5.74, 6) is 1.78. The smallest absolute Gasteiger partial charge is 0.149 e. The average molecular weight is 251 g/mol. The van der Waals surface area contributed by atoms with Crippen molar-refractivity contribution in [1.29, 1.82) is 0 Å². The number of hydrogen-bond acceptors (Lipinski definition) is 2. The molecule has 0 N–H and O–H groups in total. The fourth-order valence-corrected chi connectivity index (χ4v) is 3.61. The van der Waals surface area contributed by atoms with Crippen LogP contribution in [0.2, 0.25) is 0 Å². The zero-order chi connectivity index (χ0) is 13.0. The Labute approximate surface area is 112 Å². The molecule has 0 aromatic rings. The summed E-state index contributed by atoms with van der Waals surface area (Å²) in [6.07, 6.45) is 11.4. The second-order valence-corrected chi connectivity index (χ2v) is 6.63. The zero-order valence-corrected chi connectivity index (χ0v) is 12.2. The Morgan fingerprint density at radius 1 is 1.00 bits per heavy atom. The molecule has 0 atom stereocenters. The highest BCUT2D eigenvalue weighted by molar-refractivity contribution is 5.83. The highest BCUT2D eigenvalue weighted by Gasteiger charge is 2.26. The fourth-order valence-electron chi connectivity index (χ4n) is 3.61. The standard InChI is InChI=1S/C16H29NO/c1-13-8-10-15(11-9-13)17(2)12-16(18)14-6-4-3-5-7-14/h13-15H,3-12H2,1-2H3. The largest absolute Gasteiger partial charge is 0.298 e. The van der Waals surface area contributed by atoms with Crippen LogP contribution < -0.4 is 0 Å². The summed E-state index contributed by atoms with van der Waals surface area (Å²) in [5, 5.41) is 0. The number of nitrogens with zero attached hydrogens (tertiary/aromatic N) is 1. The second kappa shape index (κ2) is 6.70. The predicted molar refractivity (Wildman–Crippen MR) is 75.6 cm³/mol. The van der Waals surface area contributed by atoms with Gasteiger partial charge in [-0.3, -0.25) is 9.69 Å². The summed E-state index contributed by atoms with van der Waals surface area (Å²) < 4.78 is 0. The van der Waals surface area contributed by atoms with Gasteiger partial charge < -0.3 is 0 Å². The van der Waals surface area contributed by atoms with Crippen molar-refractivity contribution in [3.8, 4) is 0 Å². The molecule has 2 aliphatic carbocycles. The Morgan fingerprint density at radius 2 is 1.61 bits per heavy atom. The van der Waals surface area contributed by atoms with Gasteiger partial charge in [0.1, 0.15) is 5.78 Å². The molecular formula is C16H29NO. The number of rotatable bonds is 4. The summed E-state index contributed by atoms with van der Waals surface area (Å²) >= 11 is 0. The number of ketones is 1. The van der Waals surface area contributed by atoms with Crippen molar-refractivity contribution in [2.24, 2.45) is 11.8 Å². The van der Waals surface area contributed by atoms with Gasteiger partial charge in [0.25, 0.3) is 0 Å². The van der Waals surface area contributed by atoms with E-state index in [1.54, 1.807) is 0 Å². The summed E-state index contributed by atoms with van der Waals surface area (Å²) in [6.45, 7) is 3.05. The second-order valence-electron chi connectivity index (χ2n) is 6.63. The molecule has 0 aromatic heterocycles. The van der Waals surface area contributed by atoms with Crippen molar-refractivity contribution in [3.05, 3.63) is 0 Å². The van der Waals surface area contributed by atoms with Gasteiger partial charge in [-0.15, -0.1) is 0 Å². The van der Waals surface area contributed by atoms with Gasteiger partial charge >= 0.3 is 0 Å². The highest BCUT2D eigenvalue weighted by atomic mass is 16.1. The highest BCUT2D eigenvalue weighted by Crippen LogP contribution is 2.28. The molecule has 0 aromatic carbocycles. The van der Waals surface area contributed by atoms with Crippen LogP contribution in [0.1, 0.15) is 64.7 Å². The number of likely N-dealkylation sites (N-methyl/N-ethyl adjacent to an activating group) is 1. The van der Waals surface area contributed by atoms with E-state index in [9.17, 15) is 4.79 Å². The molecule has 18 heavy (non-hydrogen) atoms. The number of carbonyl (C=O) groups is 1. The lowest BCUT2D eigenvalue weighted by Crippen LogP contribution is -2.40. The molecule has 0 bridgehead atoms. The van der Waals surface area contributed by atoms with Crippen molar-refractivity contribution in [1.82, 2.24) is 4.90 Å². The molecule has 0 unspecified atom stereocenters. The molecular weight excluding hydrogens is 222 g/mol. The van der Waals surface area contributed by atoms with E-state index >= 15 is 0 Å². The van der Waals surface area contributed by atoms with Crippen LogP contribution in [0.25, 0.3) is 0 Å². The topological polar surface area (TPSA) is 20.3 Å². The first-order valence-corrected chi connectivity index (χ1v) is 7.89. The molecule has 0 amide bonds. The third-order valence-electron chi connectivity index (χ3n) is 5.07. The van der Waals surface area contributed by atoms with Gasteiger partial charge in [0.2, 0.25) is 0 Å². The van der Waals surface area contributed by atoms with Crippen LogP contribution in [0.4, 0.5) is 0 Å². The quantitative estimate of drug-likeness (QED) is 0.760. The third-order valence-corrected chi connectivity index (χ3v) is 5.07. The van der Waals surface area contributed by atoms with Crippen molar-refractivity contribution in [2.75, 3.05) is 13.6 Å². The molecule has 2 heteroatoms. The summed E-state index contributed by atoms with van der Waals surface area (Å²) in [4.78, 5) is 14.6. The van der Waals surface area contributed by atoms with Crippen LogP contribution >= 0.6 is 0 Å². The van der Waals surface area contributed by atoms with Crippen LogP contribution in [0, 0.1) is 11.8 Å². The van der Waals surface area contributed by atoms with E-state index in [4.69, 9.17) is 0 Å². The number of carbonyl (C=O) groups excluding carboxylic acids is 1. The van der Waals surface area contributed by atoms with Gasteiger partial charge in [-0.1, -0.05) is 26.2 Å². The van der Waals surface area contributed by atoms with Crippen LogP contribution in [0.5, 0.6) is 0 Å². The van der Waals surface area contributed by atoms with E-state index in [1.807, 2.05) is 0 Å². The first-order chi connectivity index (χ1) is 8.66. The van der Waals surface area contributed by atoms with Crippen LogP contribution in [-0.4, -0.2) is 30.3 Å². The van der Waals surface area contributed by atoms with E-state index in [-0.39, 0.29) is 0 Å². The van der Waals surface area contributed by atoms with E-state index in [2.05, 4.69) is 18.9 Å². The molecule has 2 saturated carbocycles. The summed E-state index contributed by atoms with van der Waals surface area (Å²) in [7, 11) is 2.15. The third kappa shape index (κ3) is 3.81. The Kier molecular flexibility index (Phi) is 5.23. The summed E-state index contributed by atoms with van der Waals surface area (Å²) in [5.41, 5.74) is 0. The van der Waals surface area contributed by atoms with Gasteiger partial charge in [-0.25, -0.2) is 0 Å². The van der Waals surface area contributed by atoms with Gasteiger partial charge in [-0.2, -0.15) is 0 Å². The minimum Gasteiger partial charge on any atom is -0.298 e. The van der Waals surface area contributed by atoms with E-state index in [0.717, 1.165) is 18.8 Å². The van der Waals surface area contributed by atoms with Crippen LogP contribution in [0.3, 0.4) is 0 Å². The minimum absolute atomic E-state index is 0.378. The molecule has 2 fully saturated rings. The van der Waals surface area contributed by atoms with Gasteiger partial charge in [-0.05, 0) is 51.5 Å². The Hall–Kier alpha value is -0.370. The van der Waals surface area contributed by atoms with E-state index < -0.39 is 0 Å². The van der Waals surface area contributed by atoms with Crippen LogP contribution in [0.15, 0.2) is 0 Å². The van der Waals surface area contributed by atoms with Crippen molar-refractivity contribution in [3.63, 3.8) is 0 Å². The molecule has 2 nitrogen and oxygen atoms in total. The SMILES string of the molecule is CC1CCC(N(C)CC(=O)C2CCCCC2)CC1.